The van der Waals surface area contributed by atoms with Crippen molar-refractivity contribution in [2.24, 2.45) is 5.73 Å². The third-order valence-corrected chi connectivity index (χ3v) is 3.20. The molecule has 0 bridgehead atoms. The largest absolute Gasteiger partial charge is 0.478 e. The standard InChI is InChI=1S/C15H21FN2O2S/c1-3-4-5-8-18-15(19)10(2)20-13-7-6-11(14(17)21)9-12(13)16/h6-7,9-10H,3-5,8H2,1-2H3,(H2,17,21)(H,18,19). The first-order valence-electron chi connectivity index (χ1n) is 6.99. The second-order valence-electron chi connectivity index (χ2n) is 4.77. The Bertz CT molecular complexity index is 508. The van der Waals surface area contributed by atoms with Crippen molar-refractivity contribution in [2.45, 2.75) is 39.2 Å². The number of ether oxygens (including phenoxy) is 1. The first-order chi connectivity index (χ1) is 9.95. The van der Waals surface area contributed by atoms with E-state index in [1.807, 2.05) is 0 Å². The normalized spacial score (nSPS) is 11.8. The van der Waals surface area contributed by atoms with E-state index in [4.69, 9.17) is 22.7 Å². The summed E-state index contributed by atoms with van der Waals surface area (Å²) in [5, 5.41) is 2.76. The highest BCUT2D eigenvalue weighted by Crippen LogP contribution is 2.19. The number of carbonyl (C=O) groups excluding carboxylic acids is 1. The summed E-state index contributed by atoms with van der Waals surface area (Å²) in [7, 11) is 0. The van der Waals surface area contributed by atoms with E-state index in [0.717, 1.165) is 19.3 Å². The molecule has 116 valence electrons. The molecule has 3 N–H and O–H groups in total. The van der Waals surface area contributed by atoms with Gasteiger partial charge in [-0.1, -0.05) is 32.0 Å². The van der Waals surface area contributed by atoms with Crippen LogP contribution in [0, 0.1) is 5.82 Å². The zero-order valence-corrected chi connectivity index (χ0v) is 13.1. The highest BCUT2D eigenvalue weighted by molar-refractivity contribution is 7.80. The van der Waals surface area contributed by atoms with Crippen molar-refractivity contribution in [3.8, 4) is 5.75 Å². The SMILES string of the molecule is CCCCCNC(=O)C(C)Oc1ccc(C(N)=S)cc1F. The zero-order chi connectivity index (χ0) is 15.8. The number of halogens is 1. The summed E-state index contributed by atoms with van der Waals surface area (Å²) in [6.45, 7) is 4.27. The van der Waals surface area contributed by atoms with Gasteiger partial charge in [-0.3, -0.25) is 4.79 Å². The first kappa shape index (κ1) is 17.4. The maximum absolute atomic E-state index is 13.8. The zero-order valence-electron chi connectivity index (χ0n) is 12.3. The van der Waals surface area contributed by atoms with E-state index in [0.29, 0.717) is 12.1 Å². The fourth-order valence-electron chi connectivity index (χ4n) is 1.72. The molecule has 0 saturated heterocycles. The Kier molecular flexibility index (Phi) is 7.08. The van der Waals surface area contributed by atoms with E-state index in [1.54, 1.807) is 13.0 Å². The molecule has 1 aromatic carbocycles. The van der Waals surface area contributed by atoms with Gasteiger partial charge in [-0.15, -0.1) is 0 Å². The van der Waals surface area contributed by atoms with Crippen LogP contribution in [0.5, 0.6) is 5.75 Å². The smallest absolute Gasteiger partial charge is 0.260 e. The molecular weight excluding hydrogens is 291 g/mol. The van der Waals surface area contributed by atoms with Crippen LogP contribution < -0.4 is 15.8 Å². The van der Waals surface area contributed by atoms with Crippen molar-refractivity contribution >= 4 is 23.1 Å². The summed E-state index contributed by atoms with van der Waals surface area (Å²) in [5.41, 5.74) is 5.84. The van der Waals surface area contributed by atoms with E-state index >= 15 is 0 Å². The lowest BCUT2D eigenvalue weighted by molar-refractivity contribution is -0.127. The predicted molar refractivity (Wildman–Crippen MR) is 84.9 cm³/mol. The van der Waals surface area contributed by atoms with Gasteiger partial charge in [0.1, 0.15) is 4.99 Å². The van der Waals surface area contributed by atoms with Crippen molar-refractivity contribution in [1.29, 1.82) is 0 Å². The molecule has 0 fully saturated rings. The number of rotatable bonds is 8. The van der Waals surface area contributed by atoms with E-state index < -0.39 is 11.9 Å². The third kappa shape index (κ3) is 5.67. The molecule has 4 nitrogen and oxygen atoms in total. The molecule has 1 unspecified atom stereocenters. The topological polar surface area (TPSA) is 64.3 Å². The lowest BCUT2D eigenvalue weighted by Gasteiger charge is -2.15. The number of benzene rings is 1. The lowest BCUT2D eigenvalue weighted by Crippen LogP contribution is -2.37. The van der Waals surface area contributed by atoms with Crippen LogP contribution in [0.1, 0.15) is 38.7 Å². The van der Waals surface area contributed by atoms with E-state index in [1.165, 1.54) is 12.1 Å². The van der Waals surface area contributed by atoms with Crippen LogP contribution >= 0.6 is 12.2 Å². The summed E-state index contributed by atoms with van der Waals surface area (Å²) >= 11 is 4.77. The minimum absolute atomic E-state index is 0.00575. The van der Waals surface area contributed by atoms with Crippen LogP contribution in [0.25, 0.3) is 0 Å². The molecule has 0 aromatic heterocycles. The minimum Gasteiger partial charge on any atom is -0.478 e. The second-order valence-corrected chi connectivity index (χ2v) is 5.21. The van der Waals surface area contributed by atoms with Gasteiger partial charge in [0.2, 0.25) is 0 Å². The van der Waals surface area contributed by atoms with Gasteiger partial charge in [0.15, 0.2) is 17.7 Å². The number of nitrogens with one attached hydrogen (secondary N) is 1. The third-order valence-electron chi connectivity index (χ3n) is 2.97. The van der Waals surface area contributed by atoms with Crippen LogP contribution in [0.2, 0.25) is 0 Å². The number of thiocarbonyl (C=S) groups is 1. The number of hydrogen-bond donors (Lipinski definition) is 2. The Balaban J connectivity index is 2.56. The number of unbranched alkanes of at least 4 members (excludes halogenated alkanes) is 2. The fourth-order valence-corrected chi connectivity index (χ4v) is 1.85. The number of amides is 1. The first-order valence-corrected chi connectivity index (χ1v) is 7.40. The molecular formula is C15H21FN2O2S. The molecule has 0 aliphatic heterocycles. The van der Waals surface area contributed by atoms with Crippen LogP contribution in [-0.2, 0) is 4.79 Å². The van der Waals surface area contributed by atoms with Crippen molar-refractivity contribution in [3.05, 3.63) is 29.6 Å². The summed E-state index contributed by atoms with van der Waals surface area (Å²) in [5.74, 6) is -0.846. The van der Waals surface area contributed by atoms with Gasteiger partial charge >= 0.3 is 0 Å². The Morgan fingerprint density at radius 2 is 2.19 bits per heavy atom. The minimum atomic E-state index is -0.767. The number of nitrogens with two attached hydrogens (primary N) is 1. The average Bonchev–Trinajstić information content (AvgIpc) is 2.45. The van der Waals surface area contributed by atoms with Gasteiger partial charge in [-0.2, -0.15) is 0 Å². The molecule has 0 heterocycles. The van der Waals surface area contributed by atoms with E-state index in [-0.39, 0.29) is 16.6 Å². The molecule has 1 amide bonds. The molecule has 6 heteroatoms. The summed E-state index contributed by atoms with van der Waals surface area (Å²) in [6, 6.07) is 4.18. The lowest BCUT2D eigenvalue weighted by atomic mass is 10.2. The van der Waals surface area contributed by atoms with Crippen molar-refractivity contribution in [1.82, 2.24) is 5.32 Å². The molecule has 1 atom stereocenters. The maximum atomic E-state index is 13.8. The van der Waals surface area contributed by atoms with Gasteiger partial charge in [-0.05, 0) is 31.5 Å². The van der Waals surface area contributed by atoms with Gasteiger partial charge in [0.25, 0.3) is 5.91 Å². The molecule has 0 radical (unpaired) electrons. The Morgan fingerprint density at radius 3 is 2.76 bits per heavy atom. The van der Waals surface area contributed by atoms with E-state index in [9.17, 15) is 9.18 Å². The number of hydrogen-bond acceptors (Lipinski definition) is 3. The molecule has 1 aromatic rings. The van der Waals surface area contributed by atoms with Crippen LogP contribution in [-0.4, -0.2) is 23.5 Å². The van der Waals surface area contributed by atoms with Crippen LogP contribution in [0.15, 0.2) is 18.2 Å². The Labute approximate surface area is 129 Å². The second kappa shape index (κ2) is 8.56. The number of carbonyl (C=O) groups is 1. The summed E-state index contributed by atoms with van der Waals surface area (Å²) in [6.07, 6.45) is 2.30. The van der Waals surface area contributed by atoms with Crippen LogP contribution in [0.4, 0.5) is 4.39 Å². The maximum Gasteiger partial charge on any atom is 0.260 e. The van der Waals surface area contributed by atoms with Gasteiger partial charge in [0.05, 0.1) is 0 Å². The van der Waals surface area contributed by atoms with Gasteiger partial charge in [-0.25, -0.2) is 4.39 Å². The van der Waals surface area contributed by atoms with Gasteiger partial charge < -0.3 is 15.8 Å². The molecule has 0 aliphatic rings. The average molecular weight is 312 g/mol. The molecule has 21 heavy (non-hydrogen) atoms. The molecule has 0 aliphatic carbocycles. The van der Waals surface area contributed by atoms with Crippen molar-refractivity contribution < 1.29 is 13.9 Å². The quantitative estimate of drug-likeness (QED) is 0.572. The monoisotopic (exact) mass is 312 g/mol. The molecule has 0 saturated carbocycles. The fraction of sp³-hybridized carbons (Fsp3) is 0.467. The van der Waals surface area contributed by atoms with Crippen molar-refractivity contribution in [3.63, 3.8) is 0 Å². The molecule has 1 rings (SSSR count). The highest BCUT2D eigenvalue weighted by Gasteiger charge is 2.16. The van der Waals surface area contributed by atoms with Crippen molar-refractivity contribution in [2.75, 3.05) is 6.54 Å². The Hall–Kier alpha value is -1.69. The predicted octanol–water partition coefficient (Wildman–Crippen LogP) is 2.53. The summed E-state index contributed by atoms with van der Waals surface area (Å²) in [4.78, 5) is 11.9. The van der Waals surface area contributed by atoms with Crippen LogP contribution in [0.3, 0.4) is 0 Å². The highest BCUT2D eigenvalue weighted by atomic mass is 32.1. The Morgan fingerprint density at radius 1 is 1.48 bits per heavy atom. The van der Waals surface area contributed by atoms with E-state index in [2.05, 4.69) is 12.2 Å². The summed E-state index contributed by atoms with van der Waals surface area (Å²) < 4.78 is 19.1. The molecule has 0 spiro atoms. The van der Waals surface area contributed by atoms with Gasteiger partial charge in [0, 0.05) is 12.1 Å².